The van der Waals surface area contributed by atoms with Crippen molar-refractivity contribution < 1.29 is 36.2 Å². The normalized spacial score (nSPS) is 18.8. The lowest BCUT2D eigenvalue weighted by Gasteiger charge is -2.33. The number of carbonyl (C=O) groups is 1. The highest BCUT2D eigenvalue weighted by atomic mass is 79.9. The first-order valence-electron chi connectivity index (χ1n) is 10.2. The molecule has 8 N–H and O–H groups in total. The second-order valence-electron chi connectivity index (χ2n) is 8.09. The van der Waals surface area contributed by atoms with Crippen molar-refractivity contribution >= 4 is 64.5 Å². The molecule has 2 aromatic heterocycles. The minimum absolute atomic E-state index is 0. The fourth-order valence-corrected chi connectivity index (χ4v) is 5.19. The summed E-state index contributed by atoms with van der Waals surface area (Å²) in [6, 6.07) is 0.183. The standard InChI is InChI=1S/C16H20BrN5O.C2H6O6S2.H2O/c17-11-6-19-15-13(14(11)22-5-1-2-10(18)8-22)12(7-20-15)21-16(23)9-3-4-9;1-2(9(3,4)5)10(6,7)8;/h6-7,9-10H,1-5,8,18H2,(H,19,20)(H,21,23);2H,1H3,(H,3,4,5)(H,6,7,8);1H2/t10-;;/m1../s1. The third-order valence-corrected chi connectivity index (χ3v) is 9.17. The number of nitrogens with one attached hydrogen (secondary N) is 2. The fourth-order valence-electron chi connectivity index (χ4n) is 3.41. The smallest absolute Gasteiger partial charge is 0.284 e. The molecular formula is C18H28BrN5O8S2. The van der Waals surface area contributed by atoms with Gasteiger partial charge in [0, 0.05) is 37.4 Å². The number of amides is 1. The number of H-pyrrole nitrogens is 1. The Labute approximate surface area is 205 Å². The van der Waals surface area contributed by atoms with E-state index in [1.54, 1.807) is 6.20 Å². The molecule has 34 heavy (non-hydrogen) atoms. The summed E-state index contributed by atoms with van der Waals surface area (Å²) < 4.78 is 54.8. The molecular weight excluding hydrogens is 558 g/mol. The Kier molecular flexibility index (Phi) is 9.06. The van der Waals surface area contributed by atoms with E-state index < -0.39 is 24.8 Å². The molecule has 0 unspecified atom stereocenters. The van der Waals surface area contributed by atoms with Gasteiger partial charge in [-0.3, -0.25) is 13.9 Å². The monoisotopic (exact) mass is 585 g/mol. The Hall–Kier alpha value is -1.82. The van der Waals surface area contributed by atoms with Gasteiger partial charge in [0.2, 0.25) is 10.5 Å². The van der Waals surface area contributed by atoms with Crippen LogP contribution in [0.4, 0.5) is 11.4 Å². The summed E-state index contributed by atoms with van der Waals surface area (Å²) in [4.78, 5) is 22.0. The quantitative estimate of drug-likeness (QED) is 0.311. The molecule has 2 aliphatic rings. The number of anilines is 2. The third-order valence-electron chi connectivity index (χ3n) is 5.45. The lowest BCUT2D eigenvalue weighted by molar-refractivity contribution is -0.117. The molecule has 0 bridgehead atoms. The summed E-state index contributed by atoms with van der Waals surface area (Å²) in [6.07, 6.45) is 7.75. The van der Waals surface area contributed by atoms with Crippen molar-refractivity contribution in [2.75, 3.05) is 23.3 Å². The topological polar surface area (TPSA) is 227 Å². The van der Waals surface area contributed by atoms with Gasteiger partial charge in [-0.15, -0.1) is 0 Å². The van der Waals surface area contributed by atoms with E-state index in [1.807, 2.05) is 6.20 Å². The van der Waals surface area contributed by atoms with Crippen molar-refractivity contribution in [1.82, 2.24) is 9.97 Å². The van der Waals surface area contributed by atoms with Crippen LogP contribution in [0.15, 0.2) is 16.9 Å². The zero-order valence-electron chi connectivity index (χ0n) is 18.2. The van der Waals surface area contributed by atoms with E-state index in [0.717, 1.165) is 65.7 Å². The van der Waals surface area contributed by atoms with Crippen LogP contribution < -0.4 is 16.0 Å². The number of hydrogen-bond donors (Lipinski definition) is 5. The number of rotatable bonds is 5. The highest BCUT2D eigenvalue weighted by Crippen LogP contribution is 2.39. The van der Waals surface area contributed by atoms with Crippen LogP contribution in [-0.4, -0.2) is 71.0 Å². The molecule has 192 valence electrons. The summed E-state index contributed by atoms with van der Waals surface area (Å²) in [5.41, 5.74) is 8.81. The van der Waals surface area contributed by atoms with Crippen LogP contribution in [0, 0.1) is 5.92 Å². The van der Waals surface area contributed by atoms with E-state index in [1.165, 1.54) is 0 Å². The van der Waals surface area contributed by atoms with Crippen molar-refractivity contribution in [3.05, 3.63) is 16.9 Å². The molecule has 1 amide bonds. The average Bonchev–Trinajstić information content (AvgIpc) is 3.49. The van der Waals surface area contributed by atoms with Gasteiger partial charge in [-0.05, 0) is 48.5 Å². The summed E-state index contributed by atoms with van der Waals surface area (Å²) in [5, 5.41) is 4.02. The number of nitrogens with zero attached hydrogens (tertiary/aromatic N) is 2. The van der Waals surface area contributed by atoms with Crippen LogP contribution >= 0.6 is 15.9 Å². The molecule has 13 nitrogen and oxygen atoms in total. The number of piperidine rings is 1. The zero-order valence-corrected chi connectivity index (χ0v) is 21.5. The molecule has 16 heteroatoms. The van der Waals surface area contributed by atoms with Crippen molar-refractivity contribution in [1.29, 1.82) is 0 Å². The molecule has 1 saturated carbocycles. The van der Waals surface area contributed by atoms with Crippen molar-refractivity contribution in [3.63, 3.8) is 0 Å². The highest BCUT2D eigenvalue weighted by molar-refractivity contribution is 9.10. The Morgan fingerprint density at radius 1 is 1.26 bits per heavy atom. The van der Waals surface area contributed by atoms with E-state index in [9.17, 15) is 21.6 Å². The van der Waals surface area contributed by atoms with Gasteiger partial charge < -0.3 is 26.4 Å². The molecule has 1 atom stereocenters. The number of pyridine rings is 1. The first-order chi connectivity index (χ1) is 15.3. The molecule has 0 spiro atoms. The molecule has 2 aromatic rings. The van der Waals surface area contributed by atoms with Gasteiger partial charge >= 0.3 is 0 Å². The van der Waals surface area contributed by atoms with E-state index in [-0.39, 0.29) is 23.3 Å². The molecule has 3 heterocycles. The largest absolute Gasteiger partial charge is 0.412 e. The maximum atomic E-state index is 12.2. The second-order valence-corrected chi connectivity index (χ2v) is 12.7. The lowest BCUT2D eigenvalue weighted by atomic mass is 10.1. The summed E-state index contributed by atoms with van der Waals surface area (Å²) in [7, 11) is -9.40. The molecule has 1 aliphatic heterocycles. The fraction of sp³-hybridized carbons (Fsp3) is 0.556. The predicted octanol–water partition coefficient (Wildman–Crippen LogP) is 0.885. The number of halogens is 1. The molecule has 1 saturated heterocycles. The second kappa shape index (κ2) is 10.8. The Balaban J connectivity index is 0.000000320. The maximum absolute atomic E-state index is 12.2. The predicted molar refractivity (Wildman–Crippen MR) is 131 cm³/mol. The van der Waals surface area contributed by atoms with E-state index in [2.05, 4.69) is 36.1 Å². The number of aromatic amines is 1. The number of hydrogen-bond acceptors (Lipinski definition) is 8. The third kappa shape index (κ3) is 6.87. The number of carbonyl (C=O) groups excluding carboxylic acids is 1. The van der Waals surface area contributed by atoms with Crippen LogP contribution in [0.3, 0.4) is 0 Å². The van der Waals surface area contributed by atoms with Crippen LogP contribution in [-0.2, 0) is 25.0 Å². The average molecular weight is 586 g/mol. The Morgan fingerprint density at radius 2 is 1.88 bits per heavy atom. The Bertz CT molecular complexity index is 1210. The minimum atomic E-state index is -4.70. The maximum Gasteiger partial charge on any atom is 0.284 e. The van der Waals surface area contributed by atoms with Gasteiger partial charge in [0.1, 0.15) is 5.65 Å². The number of nitrogens with two attached hydrogens (primary N) is 1. The SMILES string of the molecule is CC(S(=O)(=O)O)S(=O)(=O)O.N[C@@H]1CCCN(c2c(Br)cnc3[nH]cc(NC(=O)C4CC4)c23)C1.O. The van der Waals surface area contributed by atoms with E-state index in [0.29, 0.717) is 6.92 Å². The van der Waals surface area contributed by atoms with Gasteiger partial charge in [0.25, 0.3) is 20.2 Å². The molecule has 1 aliphatic carbocycles. The van der Waals surface area contributed by atoms with E-state index in [4.69, 9.17) is 14.8 Å². The van der Waals surface area contributed by atoms with Crippen molar-refractivity contribution in [3.8, 4) is 0 Å². The van der Waals surface area contributed by atoms with Gasteiger partial charge in [0.05, 0.1) is 21.2 Å². The summed E-state index contributed by atoms with van der Waals surface area (Å²) in [5.74, 6) is 0.277. The van der Waals surface area contributed by atoms with Crippen LogP contribution in [0.5, 0.6) is 0 Å². The van der Waals surface area contributed by atoms with Crippen molar-refractivity contribution in [2.24, 2.45) is 11.7 Å². The lowest BCUT2D eigenvalue weighted by Crippen LogP contribution is -2.43. The van der Waals surface area contributed by atoms with Crippen molar-refractivity contribution in [2.45, 2.75) is 43.2 Å². The highest BCUT2D eigenvalue weighted by Gasteiger charge is 2.31. The molecule has 4 rings (SSSR count). The summed E-state index contributed by atoms with van der Waals surface area (Å²) >= 11 is 3.63. The first-order valence-corrected chi connectivity index (χ1v) is 14.0. The van der Waals surface area contributed by atoms with Gasteiger partial charge in [-0.1, -0.05) is 0 Å². The summed E-state index contributed by atoms with van der Waals surface area (Å²) in [6.45, 7) is 2.44. The van der Waals surface area contributed by atoms with Gasteiger partial charge in [-0.25, -0.2) is 4.98 Å². The molecule has 0 aromatic carbocycles. The zero-order chi connectivity index (χ0) is 24.6. The number of aromatic nitrogens is 2. The van der Waals surface area contributed by atoms with Crippen LogP contribution in [0.25, 0.3) is 11.0 Å². The first kappa shape index (κ1) is 28.4. The minimum Gasteiger partial charge on any atom is -0.412 e. The Morgan fingerprint density at radius 3 is 2.38 bits per heavy atom. The van der Waals surface area contributed by atoms with Gasteiger partial charge in [-0.2, -0.15) is 16.8 Å². The molecule has 0 radical (unpaired) electrons. The molecule has 2 fully saturated rings. The van der Waals surface area contributed by atoms with E-state index >= 15 is 0 Å². The number of fused-ring (bicyclic) bond motifs is 1. The van der Waals surface area contributed by atoms with Crippen LogP contribution in [0.2, 0.25) is 0 Å². The van der Waals surface area contributed by atoms with Crippen LogP contribution in [0.1, 0.15) is 32.6 Å². The van der Waals surface area contributed by atoms with Gasteiger partial charge in [0.15, 0.2) is 0 Å².